The van der Waals surface area contributed by atoms with Crippen molar-refractivity contribution in [3.63, 3.8) is 0 Å². The highest BCUT2D eigenvalue weighted by Crippen LogP contribution is 2.47. The van der Waals surface area contributed by atoms with Crippen LogP contribution in [0, 0.1) is 5.92 Å². The van der Waals surface area contributed by atoms with Crippen LogP contribution in [0.15, 0.2) is 65.7 Å². The van der Waals surface area contributed by atoms with Crippen molar-refractivity contribution in [1.82, 2.24) is 9.80 Å². The van der Waals surface area contributed by atoms with Crippen LogP contribution in [-0.2, 0) is 0 Å². The van der Waals surface area contributed by atoms with Crippen molar-refractivity contribution in [3.05, 3.63) is 71.2 Å². The second-order valence-electron chi connectivity index (χ2n) is 7.13. The van der Waals surface area contributed by atoms with E-state index in [2.05, 4.69) is 28.2 Å². The molecule has 2 fully saturated rings. The van der Waals surface area contributed by atoms with E-state index in [0.717, 1.165) is 17.9 Å². The SMILES string of the molecule is OC(C1=C(C2CC2)C=CC2=CN(C3CC3)CN21)c1ccccc1. The quantitative estimate of drug-likeness (QED) is 0.922. The largest absolute Gasteiger partial charge is 0.382 e. The summed E-state index contributed by atoms with van der Waals surface area (Å²) in [6.07, 6.45) is 11.3. The molecule has 0 spiro atoms. The molecule has 2 aliphatic heterocycles. The Morgan fingerprint density at radius 3 is 2.48 bits per heavy atom. The monoisotopic (exact) mass is 306 g/mol. The molecule has 1 aromatic carbocycles. The van der Waals surface area contributed by atoms with Crippen LogP contribution in [0.2, 0.25) is 0 Å². The van der Waals surface area contributed by atoms with Gasteiger partial charge in [0.05, 0.1) is 18.1 Å². The van der Waals surface area contributed by atoms with Crippen LogP contribution < -0.4 is 0 Å². The van der Waals surface area contributed by atoms with E-state index in [4.69, 9.17) is 0 Å². The molecule has 1 N–H and O–H groups in total. The number of fused-ring (bicyclic) bond motifs is 1. The summed E-state index contributed by atoms with van der Waals surface area (Å²) in [7, 11) is 0. The average Bonchev–Trinajstić information content (AvgIpc) is 3.50. The van der Waals surface area contributed by atoms with Crippen molar-refractivity contribution in [2.75, 3.05) is 6.67 Å². The van der Waals surface area contributed by atoms with Crippen LogP contribution in [0.3, 0.4) is 0 Å². The number of benzene rings is 1. The zero-order valence-electron chi connectivity index (χ0n) is 13.2. The highest BCUT2D eigenvalue weighted by Gasteiger charge is 2.39. The van der Waals surface area contributed by atoms with Gasteiger partial charge in [-0.15, -0.1) is 0 Å². The summed E-state index contributed by atoms with van der Waals surface area (Å²) < 4.78 is 0. The number of rotatable bonds is 4. The highest BCUT2D eigenvalue weighted by molar-refractivity contribution is 5.46. The number of nitrogens with zero attached hydrogens (tertiary/aromatic N) is 2. The Morgan fingerprint density at radius 2 is 1.78 bits per heavy atom. The molecular formula is C20H22N2O. The van der Waals surface area contributed by atoms with E-state index in [9.17, 15) is 5.11 Å². The van der Waals surface area contributed by atoms with Gasteiger partial charge in [0, 0.05) is 12.2 Å². The molecule has 0 aromatic heterocycles. The van der Waals surface area contributed by atoms with E-state index in [1.54, 1.807) is 0 Å². The fourth-order valence-corrected chi connectivity index (χ4v) is 3.76. The first kappa shape index (κ1) is 13.4. The number of aliphatic hydroxyl groups is 1. The van der Waals surface area contributed by atoms with Crippen LogP contribution in [0.25, 0.3) is 0 Å². The molecule has 2 heterocycles. The lowest BCUT2D eigenvalue weighted by Gasteiger charge is -2.33. The normalized spacial score (nSPS) is 24.8. The molecule has 0 saturated heterocycles. The molecule has 3 heteroatoms. The zero-order valence-corrected chi connectivity index (χ0v) is 13.2. The number of hydrogen-bond acceptors (Lipinski definition) is 3. The minimum absolute atomic E-state index is 0.542. The molecule has 5 rings (SSSR count). The molecular weight excluding hydrogens is 284 g/mol. The van der Waals surface area contributed by atoms with E-state index < -0.39 is 6.10 Å². The molecule has 0 radical (unpaired) electrons. The lowest BCUT2D eigenvalue weighted by atomic mass is 9.95. The molecule has 23 heavy (non-hydrogen) atoms. The van der Waals surface area contributed by atoms with Crippen LogP contribution in [0.1, 0.15) is 37.4 Å². The van der Waals surface area contributed by atoms with Gasteiger partial charge in [-0.25, -0.2) is 0 Å². The van der Waals surface area contributed by atoms with E-state index >= 15 is 0 Å². The van der Waals surface area contributed by atoms with Crippen molar-refractivity contribution < 1.29 is 5.11 Å². The fourth-order valence-electron chi connectivity index (χ4n) is 3.76. The zero-order chi connectivity index (χ0) is 15.4. The third-order valence-electron chi connectivity index (χ3n) is 5.34. The van der Waals surface area contributed by atoms with Gasteiger partial charge in [-0.1, -0.05) is 36.4 Å². The second-order valence-corrected chi connectivity index (χ2v) is 7.13. The van der Waals surface area contributed by atoms with Crippen molar-refractivity contribution in [1.29, 1.82) is 0 Å². The summed E-state index contributed by atoms with van der Waals surface area (Å²) in [6.45, 7) is 0.889. The second kappa shape index (κ2) is 5.00. The average molecular weight is 306 g/mol. The van der Waals surface area contributed by atoms with Crippen LogP contribution in [-0.4, -0.2) is 27.6 Å². The highest BCUT2D eigenvalue weighted by atomic mass is 16.3. The Morgan fingerprint density at radius 1 is 1.00 bits per heavy atom. The summed E-state index contributed by atoms with van der Waals surface area (Å²) in [5.74, 6) is 0.635. The number of aliphatic hydroxyl groups excluding tert-OH is 1. The number of hydrogen-bond donors (Lipinski definition) is 1. The van der Waals surface area contributed by atoms with Crippen LogP contribution >= 0.6 is 0 Å². The van der Waals surface area contributed by atoms with Crippen molar-refractivity contribution in [2.45, 2.75) is 37.8 Å². The Bertz CT molecular complexity index is 710. The number of allylic oxidation sites excluding steroid dienone is 3. The topological polar surface area (TPSA) is 26.7 Å². The van der Waals surface area contributed by atoms with Crippen LogP contribution in [0.5, 0.6) is 0 Å². The first-order valence-electron chi connectivity index (χ1n) is 8.71. The van der Waals surface area contributed by atoms with Gasteiger partial charge in [0.1, 0.15) is 6.10 Å². The van der Waals surface area contributed by atoms with Gasteiger partial charge in [0.25, 0.3) is 0 Å². The van der Waals surface area contributed by atoms with E-state index in [-0.39, 0.29) is 0 Å². The molecule has 1 atom stereocenters. The van der Waals surface area contributed by atoms with Crippen molar-refractivity contribution >= 4 is 0 Å². The van der Waals surface area contributed by atoms with E-state index in [1.807, 2.05) is 30.3 Å². The summed E-state index contributed by atoms with van der Waals surface area (Å²) in [6, 6.07) is 10.8. The van der Waals surface area contributed by atoms with Gasteiger partial charge >= 0.3 is 0 Å². The smallest absolute Gasteiger partial charge is 0.119 e. The maximum atomic E-state index is 11.1. The van der Waals surface area contributed by atoms with Gasteiger partial charge in [0.15, 0.2) is 0 Å². The molecule has 2 saturated carbocycles. The van der Waals surface area contributed by atoms with Gasteiger partial charge in [-0.05, 0) is 48.8 Å². The minimum atomic E-state index is -0.542. The van der Waals surface area contributed by atoms with E-state index in [0.29, 0.717) is 12.0 Å². The standard InChI is InChI=1S/C20H22N2O/c23-20(15-4-2-1-3-5-15)19-18(14-6-7-14)11-10-17-12-21(13-22(17)19)16-8-9-16/h1-5,10-12,14,16,20,23H,6-9,13H2. The van der Waals surface area contributed by atoms with Crippen molar-refractivity contribution in [3.8, 4) is 0 Å². The third kappa shape index (κ3) is 2.31. The molecule has 3 nitrogen and oxygen atoms in total. The molecule has 1 aromatic rings. The predicted octanol–water partition coefficient (Wildman–Crippen LogP) is 3.53. The third-order valence-corrected chi connectivity index (χ3v) is 5.34. The molecule has 0 bridgehead atoms. The van der Waals surface area contributed by atoms with Crippen LogP contribution in [0.4, 0.5) is 0 Å². The van der Waals surface area contributed by atoms with E-state index in [1.165, 1.54) is 37.0 Å². The summed E-state index contributed by atoms with van der Waals surface area (Å²) >= 11 is 0. The van der Waals surface area contributed by atoms with Crippen molar-refractivity contribution in [2.24, 2.45) is 5.92 Å². The Hall–Kier alpha value is -2.00. The lowest BCUT2D eigenvalue weighted by molar-refractivity contribution is 0.163. The molecule has 4 aliphatic rings. The Kier molecular flexibility index (Phi) is 2.92. The van der Waals surface area contributed by atoms with Gasteiger partial charge < -0.3 is 14.9 Å². The minimum Gasteiger partial charge on any atom is -0.382 e. The molecule has 2 aliphatic carbocycles. The maximum absolute atomic E-state index is 11.1. The molecule has 118 valence electrons. The predicted molar refractivity (Wildman–Crippen MR) is 89.9 cm³/mol. The van der Waals surface area contributed by atoms with Gasteiger partial charge in [-0.3, -0.25) is 0 Å². The first-order valence-corrected chi connectivity index (χ1v) is 8.71. The summed E-state index contributed by atoms with van der Waals surface area (Å²) in [5.41, 5.74) is 4.67. The lowest BCUT2D eigenvalue weighted by Crippen LogP contribution is -2.32. The van der Waals surface area contributed by atoms with Gasteiger partial charge in [0.2, 0.25) is 0 Å². The Labute approximate surface area is 137 Å². The summed E-state index contributed by atoms with van der Waals surface area (Å²) in [5, 5.41) is 11.1. The molecule has 1 unspecified atom stereocenters. The fraction of sp³-hybridized carbons (Fsp3) is 0.400. The van der Waals surface area contributed by atoms with Gasteiger partial charge in [-0.2, -0.15) is 0 Å². The molecule has 0 amide bonds. The summed E-state index contributed by atoms with van der Waals surface area (Å²) in [4.78, 5) is 4.77. The first-order chi connectivity index (χ1) is 11.3. The maximum Gasteiger partial charge on any atom is 0.119 e. The Balaban J connectivity index is 1.54.